The summed E-state index contributed by atoms with van der Waals surface area (Å²) in [5.41, 5.74) is 0. The maximum atomic E-state index is 11.0. The SMILES string of the molecule is CC1(C)OC2C(COS(C)(=O)=O)OC(C)(O)C2O1. The van der Waals surface area contributed by atoms with Gasteiger partial charge in [-0.25, -0.2) is 0 Å². The van der Waals surface area contributed by atoms with Gasteiger partial charge in [0.15, 0.2) is 11.6 Å². The average Bonchev–Trinajstić information content (AvgIpc) is 2.57. The van der Waals surface area contributed by atoms with E-state index in [0.29, 0.717) is 0 Å². The van der Waals surface area contributed by atoms with Crippen LogP contribution in [0.15, 0.2) is 0 Å². The van der Waals surface area contributed by atoms with Crippen LogP contribution in [-0.4, -0.2) is 56.3 Å². The minimum atomic E-state index is -3.56. The summed E-state index contributed by atoms with van der Waals surface area (Å²) in [5.74, 6) is -2.36. The molecule has 0 aliphatic carbocycles. The molecule has 18 heavy (non-hydrogen) atoms. The largest absolute Gasteiger partial charge is 0.364 e. The summed E-state index contributed by atoms with van der Waals surface area (Å²) in [6.07, 6.45) is -0.966. The highest BCUT2D eigenvalue weighted by Crippen LogP contribution is 2.42. The lowest BCUT2D eigenvalue weighted by molar-refractivity contribution is -0.267. The van der Waals surface area contributed by atoms with Gasteiger partial charge in [-0.15, -0.1) is 0 Å². The summed E-state index contributed by atoms with van der Waals surface area (Å²) in [6, 6.07) is 0. The second-order valence-corrected chi connectivity index (χ2v) is 6.86. The van der Waals surface area contributed by atoms with E-state index in [4.69, 9.17) is 14.2 Å². The van der Waals surface area contributed by atoms with Crippen molar-refractivity contribution < 1.29 is 31.9 Å². The fraction of sp³-hybridized carbons (Fsp3) is 1.00. The molecule has 0 amide bonds. The van der Waals surface area contributed by atoms with Crippen molar-refractivity contribution in [3.63, 3.8) is 0 Å². The molecule has 1 N–H and O–H groups in total. The fourth-order valence-electron chi connectivity index (χ4n) is 2.24. The van der Waals surface area contributed by atoms with Gasteiger partial charge in [-0.1, -0.05) is 0 Å². The van der Waals surface area contributed by atoms with Crippen molar-refractivity contribution >= 4 is 10.1 Å². The predicted octanol–water partition coefficient (Wildman–Crippen LogP) is -0.410. The van der Waals surface area contributed by atoms with Gasteiger partial charge in [-0.3, -0.25) is 4.18 Å². The van der Waals surface area contributed by atoms with Crippen molar-refractivity contribution in [2.75, 3.05) is 12.9 Å². The average molecular weight is 282 g/mol. The van der Waals surface area contributed by atoms with E-state index in [1.807, 2.05) is 0 Å². The lowest BCUT2D eigenvalue weighted by Gasteiger charge is -2.26. The van der Waals surface area contributed by atoms with Crippen molar-refractivity contribution in [2.24, 2.45) is 0 Å². The number of rotatable bonds is 3. The zero-order valence-electron chi connectivity index (χ0n) is 10.7. The van der Waals surface area contributed by atoms with Crippen LogP contribution in [0.4, 0.5) is 0 Å². The highest BCUT2D eigenvalue weighted by molar-refractivity contribution is 7.85. The highest BCUT2D eigenvalue weighted by Gasteiger charge is 2.60. The van der Waals surface area contributed by atoms with Crippen LogP contribution in [0.5, 0.6) is 0 Å². The Balaban J connectivity index is 2.10. The normalized spacial score (nSPS) is 43.1. The Kier molecular flexibility index (Phi) is 3.24. The Hall–Kier alpha value is -0.250. The molecule has 0 radical (unpaired) electrons. The summed E-state index contributed by atoms with van der Waals surface area (Å²) < 4.78 is 43.1. The molecule has 7 nitrogen and oxygen atoms in total. The first-order chi connectivity index (χ1) is 8.00. The smallest absolute Gasteiger partial charge is 0.264 e. The van der Waals surface area contributed by atoms with E-state index < -0.39 is 40.0 Å². The first kappa shape index (κ1) is 14.2. The van der Waals surface area contributed by atoms with E-state index >= 15 is 0 Å². The number of hydrogen-bond donors (Lipinski definition) is 1. The molecular formula is C10H18O7S. The van der Waals surface area contributed by atoms with Gasteiger partial charge < -0.3 is 19.3 Å². The highest BCUT2D eigenvalue weighted by atomic mass is 32.2. The van der Waals surface area contributed by atoms with Gasteiger partial charge in [0.05, 0.1) is 12.9 Å². The van der Waals surface area contributed by atoms with Gasteiger partial charge in [-0.2, -0.15) is 8.42 Å². The van der Waals surface area contributed by atoms with Crippen LogP contribution < -0.4 is 0 Å². The Morgan fingerprint density at radius 3 is 2.39 bits per heavy atom. The Morgan fingerprint density at radius 1 is 1.22 bits per heavy atom. The summed E-state index contributed by atoms with van der Waals surface area (Å²) in [5, 5.41) is 10.1. The lowest BCUT2D eigenvalue weighted by Crippen LogP contribution is -2.40. The molecule has 0 spiro atoms. The lowest BCUT2D eigenvalue weighted by atomic mass is 10.1. The van der Waals surface area contributed by atoms with E-state index in [1.165, 1.54) is 6.92 Å². The van der Waals surface area contributed by atoms with Gasteiger partial charge in [0.2, 0.25) is 0 Å². The maximum Gasteiger partial charge on any atom is 0.264 e. The van der Waals surface area contributed by atoms with Crippen LogP contribution in [0, 0.1) is 0 Å². The van der Waals surface area contributed by atoms with Crippen molar-refractivity contribution in [3.8, 4) is 0 Å². The molecule has 4 atom stereocenters. The van der Waals surface area contributed by atoms with Gasteiger partial charge >= 0.3 is 0 Å². The summed E-state index contributed by atoms with van der Waals surface area (Å²) in [4.78, 5) is 0. The van der Waals surface area contributed by atoms with Crippen LogP contribution in [0.2, 0.25) is 0 Å². The van der Waals surface area contributed by atoms with Gasteiger partial charge in [-0.05, 0) is 20.8 Å². The molecule has 0 aromatic heterocycles. The molecular weight excluding hydrogens is 264 g/mol. The molecule has 0 bridgehead atoms. The Bertz CT molecular complexity index is 428. The van der Waals surface area contributed by atoms with E-state index in [-0.39, 0.29) is 6.61 Å². The molecule has 8 heteroatoms. The van der Waals surface area contributed by atoms with Crippen LogP contribution >= 0.6 is 0 Å². The minimum Gasteiger partial charge on any atom is -0.364 e. The van der Waals surface area contributed by atoms with Gasteiger partial charge in [0.25, 0.3) is 10.1 Å². The molecule has 2 fully saturated rings. The summed E-state index contributed by atoms with van der Waals surface area (Å²) in [7, 11) is -3.56. The van der Waals surface area contributed by atoms with E-state index in [9.17, 15) is 13.5 Å². The molecule has 4 unspecified atom stereocenters. The topological polar surface area (TPSA) is 91.3 Å². The second-order valence-electron chi connectivity index (χ2n) is 5.22. The van der Waals surface area contributed by atoms with Gasteiger partial charge in [0, 0.05) is 0 Å². The van der Waals surface area contributed by atoms with Crippen molar-refractivity contribution in [3.05, 3.63) is 0 Å². The van der Waals surface area contributed by atoms with Crippen molar-refractivity contribution in [1.29, 1.82) is 0 Å². The van der Waals surface area contributed by atoms with E-state index in [1.54, 1.807) is 13.8 Å². The van der Waals surface area contributed by atoms with Crippen molar-refractivity contribution in [2.45, 2.75) is 50.7 Å². The minimum absolute atomic E-state index is 0.213. The molecule has 0 saturated carbocycles. The van der Waals surface area contributed by atoms with Crippen LogP contribution in [0.1, 0.15) is 20.8 Å². The quantitative estimate of drug-likeness (QED) is 0.703. The third-order valence-corrected chi connectivity index (χ3v) is 3.42. The Labute approximate surface area is 106 Å². The number of hydrogen-bond acceptors (Lipinski definition) is 7. The summed E-state index contributed by atoms with van der Waals surface area (Å²) in [6.45, 7) is 4.68. The zero-order valence-corrected chi connectivity index (χ0v) is 11.6. The summed E-state index contributed by atoms with van der Waals surface area (Å²) >= 11 is 0. The first-order valence-corrected chi connectivity index (χ1v) is 7.42. The number of aliphatic hydroxyl groups is 1. The fourth-order valence-corrected chi connectivity index (χ4v) is 2.62. The standard InChI is InChI=1S/C10H18O7S/c1-9(2)16-7-6(5-14-18(4,12)13)15-10(3,11)8(7)17-9/h6-8,11H,5H2,1-4H3. The Morgan fingerprint density at radius 2 is 1.83 bits per heavy atom. The molecule has 106 valence electrons. The predicted molar refractivity (Wildman–Crippen MR) is 60.1 cm³/mol. The first-order valence-electron chi connectivity index (χ1n) is 5.60. The third kappa shape index (κ3) is 2.84. The molecule has 2 aliphatic heterocycles. The van der Waals surface area contributed by atoms with Gasteiger partial charge in [0.1, 0.15) is 18.3 Å². The third-order valence-electron chi connectivity index (χ3n) is 2.86. The molecule has 2 aliphatic rings. The van der Waals surface area contributed by atoms with Crippen LogP contribution in [0.25, 0.3) is 0 Å². The van der Waals surface area contributed by atoms with Crippen LogP contribution in [0.3, 0.4) is 0 Å². The zero-order chi connectivity index (χ0) is 13.8. The van der Waals surface area contributed by atoms with E-state index in [2.05, 4.69) is 4.18 Å². The second kappa shape index (κ2) is 4.12. The monoisotopic (exact) mass is 282 g/mol. The molecule has 0 aromatic carbocycles. The van der Waals surface area contributed by atoms with E-state index in [0.717, 1.165) is 6.26 Å². The molecule has 2 heterocycles. The molecule has 0 aromatic rings. The van der Waals surface area contributed by atoms with Crippen molar-refractivity contribution in [1.82, 2.24) is 0 Å². The molecule has 2 saturated heterocycles. The molecule has 2 rings (SSSR count). The van der Waals surface area contributed by atoms with Crippen LogP contribution in [-0.2, 0) is 28.5 Å². The number of fused-ring (bicyclic) bond motifs is 1. The number of ether oxygens (including phenoxy) is 3. The maximum absolute atomic E-state index is 11.0.